The van der Waals surface area contributed by atoms with E-state index in [0.717, 1.165) is 125 Å². The number of benzene rings is 4. The maximum Gasteiger partial charge on any atom is 0.164 e. The summed E-state index contributed by atoms with van der Waals surface area (Å²) in [5.41, 5.74) is 6.62. The lowest BCUT2D eigenvalue weighted by Gasteiger charge is -2.43. The molecular formula is C44H47ClN6O4. The summed E-state index contributed by atoms with van der Waals surface area (Å²) in [6.45, 7) is 2.83. The lowest BCUT2D eigenvalue weighted by Crippen LogP contribution is -2.54. The molecule has 2 spiro atoms. The molecule has 4 aliphatic heterocycles. The minimum absolute atomic E-state index is 0.228. The monoisotopic (exact) mass is 758 g/mol. The molecule has 2 saturated carbocycles. The van der Waals surface area contributed by atoms with Crippen LogP contribution in [0.1, 0.15) is 87.0 Å². The highest BCUT2D eigenvalue weighted by Crippen LogP contribution is 2.49. The third-order valence-electron chi connectivity index (χ3n) is 12.0. The number of halogens is 1. The quantitative estimate of drug-likeness (QED) is 0.159. The molecule has 0 radical (unpaired) electrons. The van der Waals surface area contributed by atoms with Crippen LogP contribution in [0.15, 0.2) is 82.8 Å². The number of aliphatic imine (C=N–C) groups is 2. The average molecular weight is 759 g/mol. The Kier molecular flexibility index (Phi) is 8.88. The zero-order chi connectivity index (χ0) is 36.8. The van der Waals surface area contributed by atoms with Crippen molar-refractivity contribution in [2.45, 2.75) is 94.5 Å². The largest absolute Gasteiger partial charge is 0.486 e. The Labute approximate surface area is 327 Å². The van der Waals surface area contributed by atoms with Crippen LogP contribution in [0.4, 0.5) is 22.7 Å². The number of ether oxygens (including phenoxy) is 4. The Hall–Kier alpha value is -5.09. The second-order valence-corrected chi connectivity index (χ2v) is 16.2. The highest BCUT2D eigenvalue weighted by atomic mass is 35.5. The summed E-state index contributed by atoms with van der Waals surface area (Å²) in [4.78, 5) is 10.5. The van der Waals surface area contributed by atoms with Crippen LogP contribution in [0.5, 0.6) is 23.0 Å². The van der Waals surface area contributed by atoms with Crippen molar-refractivity contribution in [3.8, 4) is 23.0 Å². The molecule has 0 bridgehead atoms. The van der Waals surface area contributed by atoms with E-state index in [-0.39, 0.29) is 17.2 Å². The summed E-state index contributed by atoms with van der Waals surface area (Å²) in [7, 11) is 0. The van der Waals surface area contributed by atoms with Gasteiger partial charge < -0.3 is 40.2 Å². The molecular weight excluding hydrogens is 712 g/mol. The van der Waals surface area contributed by atoms with Gasteiger partial charge in [-0.25, -0.2) is 9.98 Å². The van der Waals surface area contributed by atoms with Gasteiger partial charge in [0.25, 0.3) is 0 Å². The van der Waals surface area contributed by atoms with Crippen molar-refractivity contribution in [1.29, 1.82) is 0 Å². The maximum atomic E-state index is 6.69. The SMILES string of the molecule is Clc1cccc(CNC2=Nc3cc4c(cc3NC23CCCCC3)OCC(c2cccc(CNC3=Nc5cc6c(cc5NC35CCCCC5)OCCO6)c2)O4)c1. The van der Waals surface area contributed by atoms with Gasteiger partial charge in [0.2, 0.25) is 0 Å². The van der Waals surface area contributed by atoms with Crippen LogP contribution in [-0.2, 0) is 13.1 Å². The fourth-order valence-electron chi connectivity index (χ4n) is 9.20. The smallest absolute Gasteiger partial charge is 0.164 e. The van der Waals surface area contributed by atoms with E-state index < -0.39 is 0 Å². The number of hydrogen-bond donors (Lipinski definition) is 4. The Morgan fingerprint density at radius 2 is 1.16 bits per heavy atom. The number of hydrogen-bond acceptors (Lipinski definition) is 10. The molecule has 2 aliphatic carbocycles. The van der Waals surface area contributed by atoms with Gasteiger partial charge in [0.1, 0.15) is 31.5 Å². The number of amidine groups is 2. The predicted molar refractivity (Wildman–Crippen MR) is 217 cm³/mol. The molecule has 2 fully saturated rings. The third kappa shape index (κ3) is 6.68. The number of nitrogens with one attached hydrogen (secondary N) is 4. The lowest BCUT2D eigenvalue weighted by atomic mass is 9.79. The van der Waals surface area contributed by atoms with Gasteiger partial charge in [-0.05, 0) is 54.5 Å². The number of anilines is 2. The maximum absolute atomic E-state index is 6.69. The summed E-state index contributed by atoms with van der Waals surface area (Å²) in [5.74, 6) is 4.95. The van der Waals surface area contributed by atoms with Crippen molar-refractivity contribution in [2.75, 3.05) is 30.5 Å². The van der Waals surface area contributed by atoms with Crippen molar-refractivity contribution in [3.63, 3.8) is 0 Å². The van der Waals surface area contributed by atoms with E-state index in [9.17, 15) is 0 Å². The van der Waals surface area contributed by atoms with E-state index >= 15 is 0 Å². The molecule has 1 atom stereocenters. The molecule has 6 aliphatic rings. The summed E-state index contributed by atoms with van der Waals surface area (Å²) >= 11 is 6.30. The molecule has 1 unspecified atom stereocenters. The number of fused-ring (bicyclic) bond motifs is 4. The molecule has 0 aromatic heterocycles. The van der Waals surface area contributed by atoms with E-state index in [4.69, 9.17) is 40.5 Å². The fourth-order valence-corrected chi connectivity index (χ4v) is 9.41. The molecule has 10 nitrogen and oxygen atoms in total. The van der Waals surface area contributed by atoms with Crippen LogP contribution < -0.4 is 40.2 Å². The van der Waals surface area contributed by atoms with Crippen molar-refractivity contribution < 1.29 is 18.9 Å². The normalized spacial score (nSPS) is 21.2. The van der Waals surface area contributed by atoms with E-state index in [1.165, 1.54) is 12.8 Å². The number of nitrogens with zero attached hydrogens (tertiary/aromatic N) is 2. The average Bonchev–Trinajstić information content (AvgIpc) is 3.21. The Bertz CT molecular complexity index is 2180. The highest BCUT2D eigenvalue weighted by molar-refractivity contribution is 6.30. The van der Waals surface area contributed by atoms with Crippen LogP contribution in [0.2, 0.25) is 5.02 Å². The van der Waals surface area contributed by atoms with E-state index in [1.807, 2.05) is 30.3 Å². The van der Waals surface area contributed by atoms with Crippen molar-refractivity contribution in [3.05, 3.63) is 94.5 Å². The molecule has 55 heavy (non-hydrogen) atoms. The summed E-state index contributed by atoms with van der Waals surface area (Å²) in [6.07, 6.45) is 11.0. The van der Waals surface area contributed by atoms with Gasteiger partial charge in [0, 0.05) is 42.4 Å². The standard InChI is InChI=1S/C44H47ClN6O4/c45-31-12-8-10-29(20-31)26-47-42-44(15-5-2-6-16-44)51-35-24-38-39(22-33(35)49-42)55-40(27-54-38)30-11-7-9-28(19-30)25-46-41-43(13-3-1-4-14-43)50-34-23-37-36(21-32(34)48-41)52-17-18-53-37/h7-12,19-24,40,50-51H,1-6,13-18,25-27H2,(H,46,48)(H,47,49). The summed E-state index contributed by atoms with van der Waals surface area (Å²) in [6, 6.07) is 24.7. The van der Waals surface area contributed by atoms with Crippen LogP contribution in [0, 0.1) is 0 Å². The predicted octanol–water partition coefficient (Wildman–Crippen LogP) is 9.52. The van der Waals surface area contributed by atoms with Crippen molar-refractivity contribution >= 4 is 46.0 Å². The zero-order valence-corrected chi connectivity index (χ0v) is 31.8. The van der Waals surface area contributed by atoms with Crippen LogP contribution in [0.25, 0.3) is 0 Å². The molecule has 4 aromatic carbocycles. The first-order chi connectivity index (χ1) is 27.0. The topological polar surface area (TPSA) is 110 Å². The first kappa shape index (κ1) is 34.4. The summed E-state index contributed by atoms with van der Waals surface area (Å²) in [5, 5.41) is 16.0. The van der Waals surface area contributed by atoms with Crippen molar-refractivity contribution in [1.82, 2.24) is 10.6 Å². The van der Waals surface area contributed by atoms with Crippen LogP contribution in [0.3, 0.4) is 0 Å². The second-order valence-electron chi connectivity index (χ2n) is 15.8. The van der Waals surface area contributed by atoms with Gasteiger partial charge in [-0.15, -0.1) is 0 Å². The Morgan fingerprint density at radius 3 is 1.78 bits per heavy atom. The molecule has 284 valence electrons. The molecule has 4 N–H and O–H groups in total. The van der Waals surface area contributed by atoms with Gasteiger partial charge in [-0.2, -0.15) is 0 Å². The molecule has 11 heteroatoms. The molecule has 10 rings (SSSR count). The van der Waals surface area contributed by atoms with Gasteiger partial charge in [0.15, 0.2) is 29.1 Å². The minimum Gasteiger partial charge on any atom is -0.486 e. The first-order valence-corrected chi connectivity index (χ1v) is 20.4. The van der Waals surface area contributed by atoms with Gasteiger partial charge >= 0.3 is 0 Å². The Morgan fingerprint density at radius 1 is 0.618 bits per heavy atom. The van der Waals surface area contributed by atoms with Crippen LogP contribution in [-0.4, -0.2) is 42.6 Å². The first-order valence-electron chi connectivity index (χ1n) is 20.0. The van der Waals surface area contributed by atoms with E-state index in [2.05, 4.69) is 63.7 Å². The van der Waals surface area contributed by atoms with Gasteiger partial charge in [-0.1, -0.05) is 86.5 Å². The zero-order valence-electron chi connectivity index (χ0n) is 31.0. The fraction of sp³-hybridized carbons (Fsp3) is 0.409. The molecule has 4 aromatic rings. The van der Waals surface area contributed by atoms with Crippen molar-refractivity contribution in [2.24, 2.45) is 9.98 Å². The lowest BCUT2D eigenvalue weighted by molar-refractivity contribution is 0.0914. The molecule has 0 saturated heterocycles. The van der Waals surface area contributed by atoms with Gasteiger partial charge in [0.05, 0.1) is 33.8 Å². The molecule has 4 heterocycles. The second kappa shape index (κ2) is 14.2. The molecule has 0 amide bonds. The van der Waals surface area contributed by atoms with Gasteiger partial charge in [-0.3, -0.25) is 0 Å². The highest BCUT2D eigenvalue weighted by Gasteiger charge is 2.42. The van der Waals surface area contributed by atoms with E-state index in [0.29, 0.717) is 38.7 Å². The minimum atomic E-state index is -0.255. The summed E-state index contributed by atoms with van der Waals surface area (Å²) < 4.78 is 24.9. The Balaban J connectivity index is 0.875. The van der Waals surface area contributed by atoms with E-state index in [1.54, 1.807) is 0 Å². The van der Waals surface area contributed by atoms with Crippen LogP contribution >= 0.6 is 11.6 Å². The number of rotatable bonds is 5. The third-order valence-corrected chi connectivity index (χ3v) is 12.3.